The zero-order valence-corrected chi connectivity index (χ0v) is 21.3. The molecule has 8 heteroatoms. The average Bonchev–Trinajstić information content (AvgIpc) is 3.39. The standard InChI is InChI=1S/C28H37F2N5O/c1-3-4-19(2)32-27-31-15-24-25(17-35(26(24)33-27)22-9-11-23(36)12-10-22)21-7-5-20(6-8-21)16-34-14-13-28(29,30)18-34/h5-8,15,17,19,22-23,36H,3-4,9-14,16,18H2,1-2H3,(H,31,32,33). The number of anilines is 1. The quantitative estimate of drug-likeness (QED) is 0.399. The third-order valence-electron chi connectivity index (χ3n) is 7.65. The normalized spacial score (nSPS) is 23.2. The van der Waals surface area contributed by atoms with Gasteiger partial charge in [-0.15, -0.1) is 0 Å². The van der Waals surface area contributed by atoms with Crippen molar-refractivity contribution in [2.24, 2.45) is 0 Å². The number of alkyl halides is 2. The summed E-state index contributed by atoms with van der Waals surface area (Å²) in [6.07, 6.45) is 9.40. The molecule has 1 saturated heterocycles. The lowest BCUT2D eigenvalue weighted by Gasteiger charge is -2.27. The first-order valence-corrected chi connectivity index (χ1v) is 13.3. The number of halogens is 2. The van der Waals surface area contributed by atoms with Gasteiger partial charge in [-0.1, -0.05) is 37.6 Å². The molecule has 1 saturated carbocycles. The van der Waals surface area contributed by atoms with E-state index in [0.29, 0.717) is 25.1 Å². The molecule has 0 spiro atoms. The van der Waals surface area contributed by atoms with Crippen molar-refractivity contribution in [3.05, 3.63) is 42.2 Å². The lowest BCUT2D eigenvalue weighted by Crippen LogP contribution is -2.24. The Hall–Kier alpha value is -2.58. The smallest absolute Gasteiger partial charge is 0.261 e. The van der Waals surface area contributed by atoms with Gasteiger partial charge in [0.15, 0.2) is 0 Å². The van der Waals surface area contributed by atoms with Gasteiger partial charge in [-0.2, -0.15) is 4.98 Å². The van der Waals surface area contributed by atoms with Crippen molar-refractivity contribution in [3.8, 4) is 11.1 Å². The van der Waals surface area contributed by atoms with Gasteiger partial charge < -0.3 is 15.0 Å². The van der Waals surface area contributed by atoms with E-state index in [4.69, 9.17) is 4.98 Å². The minimum Gasteiger partial charge on any atom is -0.393 e. The van der Waals surface area contributed by atoms with Crippen molar-refractivity contribution in [2.45, 2.75) is 89.4 Å². The largest absolute Gasteiger partial charge is 0.393 e. The molecule has 36 heavy (non-hydrogen) atoms. The van der Waals surface area contributed by atoms with Gasteiger partial charge >= 0.3 is 0 Å². The van der Waals surface area contributed by atoms with Crippen molar-refractivity contribution < 1.29 is 13.9 Å². The van der Waals surface area contributed by atoms with Gasteiger partial charge in [0, 0.05) is 54.9 Å². The predicted octanol–water partition coefficient (Wildman–Crippen LogP) is 6.02. The summed E-state index contributed by atoms with van der Waals surface area (Å²) in [5.74, 6) is -1.93. The fraction of sp³-hybridized carbons (Fsp3) is 0.571. The molecule has 1 aliphatic heterocycles. The third kappa shape index (κ3) is 5.54. The van der Waals surface area contributed by atoms with Crippen LogP contribution in [0.1, 0.15) is 70.4 Å². The minimum absolute atomic E-state index is 0.0587. The van der Waals surface area contributed by atoms with E-state index in [-0.39, 0.29) is 25.1 Å². The van der Waals surface area contributed by atoms with E-state index in [1.165, 1.54) is 0 Å². The van der Waals surface area contributed by atoms with Gasteiger partial charge in [0.2, 0.25) is 5.95 Å². The number of likely N-dealkylation sites (tertiary alicyclic amines) is 1. The van der Waals surface area contributed by atoms with Crippen LogP contribution in [0, 0.1) is 0 Å². The number of fused-ring (bicyclic) bond motifs is 1. The molecule has 0 radical (unpaired) electrons. The summed E-state index contributed by atoms with van der Waals surface area (Å²) in [6.45, 7) is 5.12. The second-order valence-corrected chi connectivity index (χ2v) is 10.7. The maximum Gasteiger partial charge on any atom is 0.261 e. The highest BCUT2D eigenvalue weighted by atomic mass is 19.3. The molecule has 0 bridgehead atoms. The molecule has 3 aromatic rings. The van der Waals surface area contributed by atoms with Gasteiger partial charge in [-0.25, -0.2) is 13.8 Å². The molecular weight excluding hydrogens is 460 g/mol. The van der Waals surface area contributed by atoms with Crippen molar-refractivity contribution in [2.75, 3.05) is 18.4 Å². The maximum atomic E-state index is 13.6. The molecule has 3 heterocycles. The number of benzene rings is 1. The van der Waals surface area contributed by atoms with Crippen LogP contribution in [-0.2, 0) is 6.54 Å². The van der Waals surface area contributed by atoms with E-state index in [1.54, 1.807) is 0 Å². The first-order chi connectivity index (χ1) is 17.3. The number of nitrogens with zero attached hydrogens (tertiary/aromatic N) is 4. The van der Waals surface area contributed by atoms with E-state index in [2.05, 4.69) is 47.0 Å². The molecule has 2 aliphatic rings. The molecule has 1 atom stereocenters. The van der Waals surface area contributed by atoms with Crippen LogP contribution in [0.2, 0.25) is 0 Å². The number of hydrogen-bond donors (Lipinski definition) is 2. The maximum absolute atomic E-state index is 13.6. The van der Waals surface area contributed by atoms with Gasteiger partial charge in [0.1, 0.15) is 5.65 Å². The monoisotopic (exact) mass is 497 g/mol. The highest BCUT2D eigenvalue weighted by Gasteiger charge is 2.37. The number of aliphatic hydroxyl groups excluding tert-OH is 1. The van der Waals surface area contributed by atoms with Crippen LogP contribution in [0.5, 0.6) is 0 Å². The second kappa shape index (κ2) is 10.4. The number of rotatable bonds is 8. The summed E-state index contributed by atoms with van der Waals surface area (Å²) in [6, 6.07) is 8.80. The van der Waals surface area contributed by atoms with Crippen LogP contribution in [0.3, 0.4) is 0 Å². The van der Waals surface area contributed by atoms with Crippen molar-refractivity contribution in [1.29, 1.82) is 0 Å². The molecule has 194 valence electrons. The molecule has 2 fully saturated rings. The lowest BCUT2D eigenvalue weighted by molar-refractivity contribution is 0.0115. The Morgan fingerprint density at radius 2 is 1.92 bits per heavy atom. The molecule has 1 unspecified atom stereocenters. The Bertz CT molecular complexity index is 1170. The molecule has 6 nitrogen and oxygen atoms in total. The summed E-state index contributed by atoms with van der Waals surface area (Å²) < 4.78 is 29.4. The van der Waals surface area contributed by atoms with Gasteiger partial charge in [-0.3, -0.25) is 4.90 Å². The van der Waals surface area contributed by atoms with Gasteiger partial charge in [0.25, 0.3) is 5.92 Å². The Morgan fingerprint density at radius 1 is 1.17 bits per heavy atom. The van der Waals surface area contributed by atoms with E-state index >= 15 is 0 Å². The summed E-state index contributed by atoms with van der Waals surface area (Å²) in [7, 11) is 0. The SMILES string of the molecule is CCCC(C)Nc1ncc2c(-c3ccc(CN4CCC(F)(F)C4)cc3)cn(C3CCC(O)CC3)c2n1. The summed E-state index contributed by atoms with van der Waals surface area (Å²) in [5.41, 5.74) is 4.09. The second-order valence-electron chi connectivity index (χ2n) is 10.7. The van der Waals surface area contributed by atoms with Crippen LogP contribution in [0.15, 0.2) is 36.7 Å². The number of aliphatic hydroxyl groups is 1. The summed E-state index contributed by atoms with van der Waals surface area (Å²) in [5, 5.41) is 14.5. The van der Waals surface area contributed by atoms with E-state index in [0.717, 1.165) is 66.2 Å². The molecule has 0 amide bonds. The van der Waals surface area contributed by atoms with Crippen LogP contribution in [-0.4, -0.2) is 55.7 Å². The minimum atomic E-state index is -2.57. The lowest BCUT2D eigenvalue weighted by atomic mass is 9.93. The topological polar surface area (TPSA) is 66.2 Å². The fourth-order valence-corrected chi connectivity index (χ4v) is 5.66. The van der Waals surface area contributed by atoms with E-state index < -0.39 is 5.92 Å². The van der Waals surface area contributed by atoms with Crippen LogP contribution in [0.25, 0.3) is 22.2 Å². The van der Waals surface area contributed by atoms with Crippen LogP contribution >= 0.6 is 0 Å². The van der Waals surface area contributed by atoms with Crippen LogP contribution in [0.4, 0.5) is 14.7 Å². The van der Waals surface area contributed by atoms with E-state index in [9.17, 15) is 13.9 Å². The molecule has 1 aromatic carbocycles. The Morgan fingerprint density at radius 3 is 2.58 bits per heavy atom. The third-order valence-corrected chi connectivity index (χ3v) is 7.65. The molecule has 5 rings (SSSR count). The van der Waals surface area contributed by atoms with Gasteiger partial charge in [0.05, 0.1) is 12.6 Å². The zero-order valence-electron chi connectivity index (χ0n) is 21.3. The molecule has 2 N–H and O–H groups in total. The Labute approximate surface area is 211 Å². The van der Waals surface area contributed by atoms with Gasteiger partial charge in [-0.05, 0) is 50.2 Å². The highest BCUT2D eigenvalue weighted by molar-refractivity contribution is 5.94. The number of hydrogen-bond acceptors (Lipinski definition) is 5. The van der Waals surface area contributed by atoms with Crippen molar-refractivity contribution in [3.63, 3.8) is 0 Å². The Balaban J connectivity index is 1.44. The number of nitrogens with one attached hydrogen (secondary N) is 1. The summed E-state index contributed by atoms with van der Waals surface area (Å²) in [4.78, 5) is 11.4. The van der Waals surface area contributed by atoms with Crippen molar-refractivity contribution in [1.82, 2.24) is 19.4 Å². The number of aromatic nitrogens is 3. The zero-order chi connectivity index (χ0) is 25.3. The molecule has 2 aromatic heterocycles. The summed E-state index contributed by atoms with van der Waals surface area (Å²) >= 11 is 0. The van der Waals surface area contributed by atoms with Crippen molar-refractivity contribution >= 4 is 17.0 Å². The first kappa shape index (κ1) is 25.1. The molecule has 1 aliphatic carbocycles. The fourth-order valence-electron chi connectivity index (χ4n) is 5.66. The Kier molecular flexibility index (Phi) is 7.26. The average molecular weight is 498 g/mol. The van der Waals surface area contributed by atoms with E-state index in [1.807, 2.05) is 23.2 Å². The van der Waals surface area contributed by atoms with Crippen LogP contribution < -0.4 is 5.32 Å². The first-order valence-electron chi connectivity index (χ1n) is 13.3. The highest BCUT2D eigenvalue weighted by Crippen LogP contribution is 2.37. The predicted molar refractivity (Wildman–Crippen MR) is 139 cm³/mol. The molecular formula is C28H37F2N5O.